The molecule has 0 saturated carbocycles. The van der Waals surface area contributed by atoms with Crippen molar-refractivity contribution in [3.63, 3.8) is 0 Å². The van der Waals surface area contributed by atoms with Gasteiger partial charge in [-0.2, -0.15) is 0 Å². The smallest absolute Gasteiger partial charge is 0.550 e. The van der Waals surface area contributed by atoms with Crippen LogP contribution in [0.3, 0.4) is 0 Å². The Labute approximate surface area is 133 Å². The van der Waals surface area contributed by atoms with Gasteiger partial charge in [-0.1, -0.05) is 0 Å². The quantitative estimate of drug-likeness (QED) is 0.359. The maximum Gasteiger partial charge on any atom is 3.00 e. The van der Waals surface area contributed by atoms with Gasteiger partial charge < -0.3 is 57.1 Å². The van der Waals surface area contributed by atoms with Gasteiger partial charge in [0.05, 0.1) is 0 Å². The minimum atomic E-state index is -1.08. The monoisotopic (exact) mass is 431 g/mol. The molecule has 0 aliphatic heterocycles. The van der Waals surface area contributed by atoms with E-state index in [1.807, 2.05) is 0 Å². The standard InChI is InChI=1S/3C2H4O2.Dy.5H2O/c3*1-2(3)4;;;;;;/h3*1H3,(H,3,4);;5*1H2/q;;;+3;;;;;/p-3. The van der Waals surface area contributed by atoms with Crippen LogP contribution in [0, 0.1) is 38.2 Å². The molecule has 0 aromatic carbocycles. The number of aliphatic carboxylic acids is 3. The van der Waals surface area contributed by atoms with Crippen LogP contribution in [0.2, 0.25) is 0 Å². The van der Waals surface area contributed by atoms with Gasteiger partial charge in [0.15, 0.2) is 0 Å². The van der Waals surface area contributed by atoms with Gasteiger partial charge in [-0.15, -0.1) is 0 Å². The van der Waals surface area contributed by atoms with Crippen molar-refractivity contribution in [1.82, 2.24) is 0 Å². The number of rotatable bonds is 0. The second-order valence-corrected chi connectivity index (χ2v) is 1.47. The maximum absolute atomic E-state index is 8.89. The van der Waals surface area contributed by atoms with E-state index in [1.165, 1.54) is 0 Å². The molecule has 0 unspecified atom stereocenters. The van der Waals surface area contributed by atoms with Gasteiger partial charge in [0.1, 0.15) is 0 Å². The Bertz CT molecular complexity index is 119. The molecular formula is C6H19DyO11. The molecule has 10 N–H and O–H groups in total. The summed E-state index contributed by atoms with van der Waals surface area (Å²) in [6.45, 7) is 2.92. The molecule has 0 aliphatic rings. The summed E-state index contributed by atoms with van der Waals surface area (Å²) in [5.41, 5.74) is 0. The molecule has 0 aromatic rings. The van der Waals surface area contributed by atoms with E-state index in [9.17, 15) is 0 Å². The number of carboxylic acids is 3. The molecule has 11 nitrogen and oxygen atoms in total. The van der Waals surface area contributed by atoms with E-state index >= 15 is 0 Å². The Morgan fingerprint density at radius 2 is 0.556 bits per heavy atom. The summed E-state index contributed by atoms with van der Waals surface area (Å²) >= 11 is 0. The van der Waals surface area contributed by atoms with Crippen molar-refractivity contribution in [2.75, 3.05) is 0 Å². The fraction of sp³-hybridized carbons (Fsp3) is 0.500. The van der Waals surface area contributed by atoms with E-state index in [1.54, 1.807) is 0 Å². The SMILES string of the molecule is CC(=O)[O-].CC(=O)[O-].CC(=O)[O-].O.O.O.O.O.[Dy+3]. The van der Waals surface area contributed by atoms with Gasteiger partial charge in [0.25, 0.3) is 0 Å². The third-order valence-electron chi connectivity index (χ3n) is 0. The average molecular weight is 430 g/mol. The fourth-order valence-electron chi connectivity index (χ4n) is 0. The molecule has 0 spiro atoms. The largest absolute Gasteiger partial charge is 3.00 e. The van der Waals surface area contributed by atoms with Crippen LogP contribution in [0.5, 0.6) is 0 Å². The van der Waals surface area contributed by atoms with Crippen molar-refractivity contribution >= 4 is 17.9 Å². The van der Waals surface area contributed by atoms with Gasteiger partial charge in [-0.3, -0.25) is 0 Å². The predicted molar refractivity (Wildman–Crippen MR) is 50.1 cm³/mol. The Hall–Kier alpha value is -0.517. The van der Waals surface area contributed by atoms with Crippen LogP contribution in [0.1, 0.15) is 20.8 Å². The topological polar surface area (TPSA) is 278 Å². The minimum absolute atomic E-state index is 0. The van der Waals surface area contributed by atoms with Gasteiger partial charge in [0.2, 0.25) is 0 Å². The van der Waals surface area contributed by atoms with E-state index in [-0.39, 0.29) is 65.6 Å². The van der Waals surface area contributed by atoms with Crippen molar-refractivity contribution in [2.24, 2.45) is 0 Å². The van der Waals surface area contributed by atoms with Crippen LogP contribution in [0.15, 0.2) is 0 Å². The first-order valence-corrected chi connectivity index (χ1v) is 2.72. The van der Waals surface area contributed by atoms with Crippen molar-refractivity contribution < 1.29 is 95.3 Å². The molecule has 119 valence electrons. The maximum atomic E-state index is 8.89. The second kappa shape index (κ2) is 54.9. The van der Waals surface area contributed by atoms with Gasteiger partial charge in [0, 0.05) is 17.9 Å². The third kappa shape index (κ3) is 12100. The summed E-state index contributed by atoms with van der Waals surface area (Å²) in [6.07, 6.45) is 0. The number of carbonyl (C=O) groups is 3. The molecule has 12 heteroatoms. The van der Waals surface area contributed by atoms with Crippen molar-refractivity contribution in [1.29, 1.82) is 0 Å². The Morgan fingerprint density at radius 3 is 0.556 bits per heavy atom. The van der Waals surface area contributed by atoms with Gasteiger partial charge in [-0.05, 0) is 20.8 Å². The molecule has 0 rings (SSSR count). The summed E-state index contributed by atoms with van der Waals surface area (Å²) in [5.74, 6) is -3.25. The van der Waals surface area contributed by atoms with E-state index in [2.05, 4.69) is 0 Å². The zero-order chi connectivity index (χ0) is 10.7. The number of hydrogen-bond donors (Lipinski definition) is 0. The predicted octanol–water partition coefficient (Wildman–Crippen LogP) is -7.85. The summed E-state index contributed by atoms with van der Waals surface area (Å²) in [7, 11) is 0. The van der Waals surface area contributed by atoms with Gasteiger partial charge >= 0.3 is 38.2 Å². The molecule has 0 aliphatic carbocycles. The molecular weight excluding hydrogens is 411 g/mol. The first-order valence-electron chi connectivity index (χ1n) is 2.72. The first-order chi connectivity index (χ1) is 5.20. The van der Waals surface area contributed by atoms with E-state index < -0.39 is 17.9 Å². The summed E-state index contributed by atoms with van der Waals surface area (Å²) in [4.78, 5) is 26.7. The molecule has 0 atom stereocenters. The normalized spacial score (nSPS) is 4.17. The zero-order valence-electron chi connectivity index (χ0n) is 9.77. The van der Waals surface area contributed by atoms with Crippen LogP contribution in [-0.2, 0) is 14.4 Å². The van der Waals surface area contributed by atoms with Crippen molar-refractivity contribution in [3.8, 4) is 0 Å². The summed E-state index contributed by atoms with van der Waals surface area (Å²) < 4.78 is 0. The van der Waals surface area contributed by atoms with Crippen molar-refractivity contribution in [2.45, 2.75) is 20.8 Å². The summed E-state index contributed by atoms with van der Waals surface area (Å²) in [6, 6.07) is 0. The summed E-state index contributed by atoms with van der Waals surface area (Å²) in [5, 5.41) is 26.7. The second-order valence-electron chi connectivity index (χ2n) is 1.47. The Kier molecular flexibility index (Phi) is 201. The molecule has 1 radical (unpaired) electrons. The molecule has 0 amide bonds. The fourth-order valence-corrected chi connectivity index (χ4v) is 0. The van der Waals surface area contributed by atoms with Crippen LogP contribution in [0.25, 0.3) is 0 Å². The van der Waals surface area contributed by atoms with Gasteiger partial charge in [-0.25, -0.2) is 0 Å². The van der Waals surface area contributed by atoms with Crippen LogP contribution in [0.4, 0.5) is 0 Å². The first kappa shape index (κ1) is 66.0. The van der Waals surface area contributed by atoms with Crippen LogP contribution in [-0.4, -0.2) is 45.3 Å². The third-order valence-corrected chi connectivity index (χ3v) is 0. The molecule has 18 heavy (non-hydrogen) atoms. The van der Waals surface area contributed by atoms with E-state index in [4.69, 9.17) is 29.7 Å². The van der Waals surface area contributed by atoms with E-state index in [0.717, 1.165) is 20.8 Å². The van der Waals surface area contributed by atoms with Crippen molar-refractivity contribution in [3.05, 3.63) is 0 Å². The van der Waals surface area contributed by atoms with E-state index in [0.29, 0.717) is 0 Å². The molecule has 0 saturated heterocycles. The molecule has 0 aromatic heterocycles. The number of carbonyl (C=O) groups excluding carboxylic acids is 3. The molecule has 0 heterocycles. The van der Waals surface area contributed by atoms with Crippen LogP contribution < -0.4 is 15.3 Å². The number of hydrogen-bond acceptors (Lipinski definition) is 6. The average Bonchev–Trinajstić information content (AvgIpc) is 1.54. The van der Waals surface area contributed by atoms with Crippen LogP contribution >= 0.6 is 0 Å². The number of carboxylic acid groups (broad SMARTS) is 3. The Balaban J connectivity index is -0.00000000827. The minimum Gasteiger partial charge on any atom is -0.550 e. The zero-order valence-corrected chi connectivity index (χ0v) is 11.8. The molecule has 0 fully saturated rings. The Morgan fingerprint density at radius 1 is 0.556 bits per heavy atom. The molecule has 0 bridgehead atoms.